The van der Waals surface area contributed by atoms with Crippen molar-refractivity contribution in [1.29, 1.82) is 0 Å². The highest BCUT2D eigenvalue weighted by molar-refractivity contribution is 5.84. The van der Waals surface area contributed by atoms with Gasteiger partial charge < -0.3 is 74.6 Å². The highest BCUT2D eigenvalue weighted by atomic mass is 16.8. The van der Waals surface area contributed by atoms with E-state index < -0.39 is 110 Å². The highest BCUT2D eigenvalue weighted by Gasteiger charge is 2.70. The number of allylic oxidation sites excluding steroid dienone is 2. The SMILES string of the molecule is C[C@H]1[C@H](C)CC[C@]2(C(=O)NC3CCCC3)CC[C@]3(C)C(=CC[C@@H]4[C@@]5(C)CC[C@@H](O[C@@H]6O[C@H](CO)[C@@H](O[C@@H]7O[C@@H](C)[C@H](O)[C@@H](O)[C@H]7O)[C@H](O)[C@H]6O[C@@H]6O[C@@H](C)[C@H](O)[C@@H](O)[C@H]6O)C(C)(C)[C@@H]5CC[C@]43C)[C@H]12. The van der Waals surface area contributed by atoms with Gasteiger partial charge in [0.25, 0.3) is 0 Å². The van der Waals surface area contributed by atoms with Crippen LogP contribution in [-0.4, -0.2) is 158 Å². The van der Waals surface area contributed by atoms with Gasteiger partial charge >= 0.3 is 0 Å². The first-order chi connectivity index (χ1) is 32.4. The summed E-state index contributed by atoms with van der Waals surface area (Å²) in [6, 6.07) is 0.296. The van der Waals surface area contributed by atoms with Crippen LogP contribution in [0.25, 0.3) is 0 Å². The van der Waals surface area contributed by atoms with Crippen LogP contribution in [0, 0.1) is 56.7 Å². The number of aliphatic hydroxyl groups is 8. The number of hydrogen-bond donors (Lipinski definition) is 9. The van der Waals surface area contributed by atoms with E-state index in [-0.39, 0.29) is 33.5 Å². The largest absolute Gasteiger partial charge is 0.394 e. The van der Waals surface area contributed by atoms with Gasteiger partial charge in [-0.3, -0.25) is 4.79 Å². The topological polar surface area (TPSA) is 246 Å². The fraction of sp³-hybridized carbons (Fsp3) is 0.943. The van der Waals surface area contributed by atoms with Gasteiger partial charge in [-0.2, -0.15) is 0 Å². The fourth-order valence-electron chi connectivity index (χ4n) is 16.7. The number of carbonyl (C=O) groups excluding carboxylic acids is 1. The molecule has 3 saturated heterocycles. The fourth-order valence-corrected chi connectivity index (χ4v) is 16.7. The van der Waals surface area contributed by atoms with Crippen LogP contribution in [0.4, 0.5) is 0 Å². The van der Waals surface area contributed by atoms with Crippen LogP contribution in [0.2, 0.25) is 0 Å². The van der Waals surface area contributed by atoms with E-state index in [0.29, 0.717) is 36.1 Å². The molecule has 9 N–H and O–H groups in total. The Hall–Kier alpha value is -1.35. The molecule has 0 unspecified atom stereocenters. The smallest absolute Gasteiger partial charge is 0.227 e. The number of hydrogen-bond acceptors (Lipinski definition) is 15. The van der Waals surface area contributed by atoms with E-state index in [2.05, 4.69) is 59.9 Å². The van der Waals surface area contributed by atoms with Crippen LogP contribution < -0.4 is 5.32 Å². The van der Waals surface area contributed by atoms with Crippen LogP contribution in [0.15, 0.2) is 11.6 Å². The molecule has 69 heavy (non-hydrogen) atoms. The first-order valence-corrected chi connectivity index (χ1v) is 26.8. The Morgan fingerprint density at radius 1 is 0.652 bits per heavy atom. The van der Waals surface area contributed by atoms with Gasteiger partial charge in [-0.25, -0.2) is 0 Å². The maximum absolute atomic E-state index is 14.7. The minimum atomic E-state index is -1.73. The van der Waals surface area contributed by atoms with E-state index in [9.17, 15) is 45.6 Å². The molecule has 0 spiro atoms. The lowest BCUT2D eigenvalue weighted by Crippen LogP contribution is -2.68. The molecule has 6 aliphatic carbocycles. The molecule has 16 heteroatoms. The second kappa shape index (κ2) is 19.1. The van der Waals surface area contributed by atoms with Crippen molar-refractivity contribution in [1.82, 2.24) is 5.32 Å². The van der Waals surface area contributed by atoms with Crippen molar-refractivity contribution in [2.24, 2.45) is 56.7 Å². The van der Waals surface area contributed by atoms with Crippen LogP contribution in [0.3, 0.4) is 0 Å². The van der Waals surface area contributed by atoms with Gasteiger partial charge in [0.05, 0.1) is 30.3 Å². The lowest BCUT2D eigenvalue weighted by atomic mass is 9.33. The summed E-state index contributed by atoms with van der Waals surface area (Å²) in [6.07, 6.45) is -6.60. The predicted octanol–water partition coefficient (Wildman–Crippen LogP) is 3.59. The molecule has 5 saturated carbocycles. The summed E-state index contributed by atoms with van der Waals surface area (Å²) in [5, 5.41) is 90.7. The van der Waals surface area contributed by atoms with Crippen molar-refractivity contribution in [3.05, 3.63) is 11.6 Å². The van der Waals surface area contributed by atoms with Gasteiger partial charge in [-0.1, -0.05) is 73.0 Å². The lowest BCUT2D eigenvalue weighted by molar-refractivity contribution is -0.393. The van der Waals surface area contributed by atoms with Gasteiger partial charge in [0, 0.05) is 6.04 Å². The average Bonchev–Trinajstić information content (AvgIpc) is 3.83. The number of carbonyl (C=O) groups is 1. The summed E-state index contributed by atoms with van der Waals surface area (Å²) in [5.41, 5.74) is 0.607. The molecule has 9 rings (SSSR count). The Kier molecular flexibility index (Phi) is 14.5. The van der Waals surface area contributed by atoms with Crippen LogP contribution in [-0.2, 0) is 33.2 Å². The molecule has 0 aromatic rings. The number of amides is 1. The molecule has 16 nitrogen and oxygen atoms in total. The zero-order valence-electron chi connectivity index (χ0n) is 42.6. The Morgan fingerprint density at radius 3 is 1.87 bits per heavy atom. The molecule has 1 amide bonds. The number of aliphatic hydroxyl groups excluding tert-OH is 8. The number of fused-ring (bicyclic) bond motifs is 7. The Morgan fingerprint density at radius 2 is 1.26 bits per heavy atom. The third-order valence-electron chi connectivity index (χ3n) is 21.4. The van der Waals surface area contributed by atoms with Crippen molar-refractivity contribution in [2.75, 3.05) is 6.61 Å². The molecule has 0 bridgehead atoms. The maximum Gasteiger partial charge on any atom is 0.227 e. The first-order valence-electron chi connectivity index (χ1n) is 26.8. The van der Waals surface area contributed by atoms with E-state index in [1.807, 2.05) is 0 Å². The van der Waals surface area contributed by atoms with E-state index in [1.165, 1.54) is 26.7 Å². The van der Waals surface area contributed by atoms with E-state index in [4.69, 9.17) is 28.4 Å². The predicted molar refractivity (Wildman–Crippen MR) is 250 cm³/mol. The number of nitrogens with one attached hydrogen (secondary N) is 1. The molecular formula is C53H87NO15. The quantitative estimate of drug-likeness (QED) is 0.118. The molecule has 0 aromatic heterocycles. The Balaban J connectivity index is 0.979. The highest BCUT2D eigenvalue weighted by Crippen LogP contribution is 2.76. The minimum Gasteiger partial charge on any atom is -0.394 e. The molecule has 394 valence electrons. The van der Waals surface area contributed by atoms with Crippen LogP contribution >= 0.6 is 0 Å². The summed E-state index contributed by atoms with van der Waals surface area (Å²) in [5.74, 6) is 2.08. The molecule has 3 aliphatic heterocycles. The third kappa shape index (κ3) is 8.35. The summed E-state index contributed by atoms with van der Waals surface area (Å²) < 4.78 is 37.4. The van der Waals surface area contributed by atoms with Gasteiger partial charge in [0.15, 0.2) is 18.9 Å². The van der Waals surface area contributed by atoms with Crippen LogP contribution in [0.5, 0.6) is 0 Å². The van der Waals surface area contributed by atoms with Crippen LogP contribution in [0.1, 0.15) is 146 Å². The van der Waals surface area contributed by atoms with Crippen molar-refractivity contribution < 1.29 is 74.1 Å². The van der Waals surface area contributed by atoms with Gasteiger partial charge in [0.2, 0.25) is 5.91 Å². The van der Waals surface area contributed by atoms with Gasteiger partial charge in [-0.15, -0.1) is 0 Å². The molecule has 9 aliphatic rings. The normalized spacial score (nSPS) is 54.3. The third-order valence-corrected chi connectivity index (χ3v) is 21.4. The van der Waals surface area contributed by atoms with Crippen molar-refractivity contribution in [3.8, 4) is 0 Å². The van der Waals surface area contributed by atoms with E-state index in [1.54, 1.807) is 5.57 Å². The standard InChI is InChI=1S/C53H87NO15/c1-25-16-21-53(48(63)54-29-12-10-11-13-29)23-22-51(8)30(35(53)26(25)2)14-15-33-50(7)19-18-34(49(5,6)32(50)17-20-52(33,51)9)67-47-44(69-46-41(61)39(59)37(57)28(4)65-46)42(62)43(31(24-55)66-47)68-45-40(60)38(58)36(56)27(3)64-45/h14,25-29,31-47,55-62H,10-13,15-24H2,1-9H3,(H,54,63)/t25-,26+,27+,28+,31-,32+,33-,34-,35+,36+,37+,38-,39-,40-,41-,42+,43-,44-,45+,46+,47+,50+,51-,52-,53+/m1/s1. The molecule has 3 heterocycles. The lowest BCUT2D eigenvalue weighted by Gasteiger charge is -2.71. The van der Waals surface area contributed by atoms with E-state index in [0.717, 1.165) is 64.2 Å². The summed E-state index contributed by atoms with van der Waals surface area (Å²) in [4.78, 5) is 14.7. The number of ether oxygens (including phenoxy) is 6. The van der Waals surface area contributed by atoms with Crippen molar-refractivity contribution in [2.45, 2.75) is 250 Å². The van der Waals surface area contributed by atoms with E-state index >= 15 is 0 Å². The molecule has 0 aromatic carbocycles. The minimum absolute atomic E-state index is 0.00283. The zero-order chi connectivity index (χ0) is 49.9. The Labute approximate surface area is 409 Å². The van der Waals surface area contributed by atoms with Crippen molar-refractivity contribution in [3.63, 3.8) is 0 Å². The van der Waals surface area contributed by atoms with Crippen molar-refractivity contribution >= 4 is 5.91 Å². The van der Waals surface area contributed by atoms with Gasteiger partial charge in [-0.05, 0) is 136 Å². The monoisotopic (exact) mass is 978 g/mol. The molecule has 25 atom stereocenters. The summed E-state index contributed by atoms with van der Waals surface area (Å²) in [7, 11) is 0. The second-order valence-corrected chi connectivity index (χ2v) is 25.0. The number of rotatable bonds is 9. The average molecular weight is 978 g/mol. The molecule has 0 radical (unpaired) electrons. The zero-order valence-corrected chi connectivity index (χ0v) is 42.6. The maximum atomic E-state index is 14.7. The molecule has 8 fully saturated rings. The Bertz CT molecular complexity index is 1880. The molecular weight excluding hydrogens is 891 g/mol. The summed E-state index contributed by atoms with van der Waals surface area (Å²) in [6.45, 7) is 19.3. The first kappa shape index (κ1) is 52.5. The second-order valence-electron chi connectivity index (χ2n) is 25.0. The summed E-state index contributed by atoms with van der Waals surface area (Å²) >= 11 is 0. The van der Waals surface area contributed by atoms with Gasteiger partial charge in [0.1, 0.15) is 61.0 Å².